The van der Waals surface area contributed by atoms with Crippen molar-refractivity contribution in [3.05, 3.63) is 252 Å². The minimum absolute atomic E-state index is 0.0818. The molecular weight excluding hydrogens is 793 g/mol. The Balaban J connectivity index is 1.00. The Morgan fingerprint density at radius 2 is 0.682 bits per heavy atom. The molecule has 12 aromatic carbocycles. The quantitative estimate of drug-likeness (QED) is 0.120. The first-order valence-corrected chi connectivity index (χ1v) is 23.4. The SMILES string of the molecule is CC1(C)c2ccccc2-c2ccc(-c3c4ccccc4c(-c4ccc5cc6c(cc5c4)C4(c5ccccc5-c5ccccc54)c4c-6c5ccccc5c5ccccc45)c4ccccc34)cc21. The molecule has 1 spiro atoms. The normalized spacial score (nSPS) is 14.5. The molecule has 15 rings (SSSR count). The summed E-state index contributed by atoms with van der Waals surface area (Å²) in [6.07, 6.45) is 0. The third kappa shape index (κ3) is 4.44. The van der Waals surface area contributed by atoms with Gasteiger partial charge in [-0.3, -0.25) is 0 Å². The second-order valence-corrected chi connectivity index (χ2v) is 19.4. The van der Waals surface area contributed by atoms with Crippen molar-refractivity contribution in [2.75, 3.05) is 0 Å². The maximum atomic E-state index is 2.57. The fraction of sp³-hybridized carbons (Fsp3) is 0.0606. The summed E-state index contributed by atoms with van der Waals surface area (Å²) in [5.41, 5.74) is 20.9. The third-order valence-corrected chi connectivity index (χ3v) is 16.0. The molecule has 3 aliphatic rings. The van der Waals surface area contributed by atoms with Crippen LogP contribution in [-0.4, -0.2) is 0 Å². The molecule has 0 atom stereocenters. The van der Waals surface area contributed by atoms with Gasteiger partial charge in [0.25, 0.3) is 0 Å². The molecule has 0 aliphatic heterocycles. The van der Waals surface area contributed by atoms with Crippen molar-refractivity contribution < 1.29 is 0 Å². The molecule has 0 saturated heterocycles. The molecule has 0 saturated carbocycles. The van der Waals surface area contributed by atoms with Crippen LogP contribution in [0.4, 0.5) is 0 Å². The monoisotopic (exact) mass is 834 g/mol. The van der Waals surface area contributed by atoms with E-state index < -0.39 is 5.41 Å². The molecular formula is C66H42. The van der Waals surface area contributed by atoms with Gasteiger partial charge in [0, 0.05) is 5.41 Å². The maximum absolute atomic E-state index is 2.57. The molecule has 12 aromatic rings. The van der Waals surface area contributed by atoms with Crippen molar-refractivity contribution in [3.63, 3.8) is 0 Å². The smallest absolute Gasteiger partial charge is 0.0619 e. The first-order chi connectivity index (χ1) is 32.5. The number of fused-ring (bicyclic) bond motifs is 21. The summed E-state index contributed by atoms with van der Waals surface area (Å²) < 4.78 is 0. The van der Waals surface area contributed by atoms with Crippen LogP contribution in [0.3, 0.4) is 0 Å². The highest BCUT2D eigenvalue weighted by atomic mass is 14.5. The van der Waals surface area contributed by atoms with Gasteiger partial charge in [-0.15, -0.1) is 0 Å². The van der Waals surface area contributed by atoms with Crippen LogP contribution in [0.5, 0.6) is 0 Å². The maximum Gasteiger partial charge on any atom is 0.0731 e. The fourth-order valence-electron chi connectivity index (χ4n) is 13.3. The highest BCUT2D eigenvalue weighted by Crippen LogP contribution is 2.66. The number of hydrogen-bond acceptors (Lipinski definition) is 0. The molecule has 0 bridgehead atoms. The molecule has 0 heteroatoms. The first kappa shape index (κ1) is 36.3. The van der Waals surface area contributed by atoms with E-state index in [0.29, 0.717) is 0 Å². The van der Waals surface area contributed by atoms with E-state index in [2.05, 4.69) is 232 Å². The summed E-state index contributed by atoms with van der Waals surface area (Å²) in [6, 6.07) is 83.3. The highest BCUT2D eigenvalue weighted by Gasteiger charge is 2.53. The van der Waals surface area contributed by atoms with Crippen LogP contribution >= 0.6 is 0 Å². The molecule has 0 unspecified atom stereocenters. The van der Waals surface area contributed by atoms with Crippen molar-refractivity contribution in [1.82, 2.24) is 0 Å². The zero-order valence-corrected chi connectivity index (χ0v) is 36.8. The minimum atomic E-state index is -0.488. The zero-order valence-electron chi connectivity index (χ0n) is 36.8. The van der Waals surface area contributed by atoms with Crippen LogP contribution in [0.1, 0.15) is 47.2 Å². The second kappa shape index (κ2) is 12.8. The lowest BCUT2D eigenvalue weighted by molar-refractivity contribution is 0.660. The number of rotatable bonds is 2. The topological polar surface area (TPSA) is 0 Å². The van der Waals surface area contributed by atoms with Gasteiger partial charge in [-0.05, 0) is 167 Å². The molecule has 0 aromatic heterocycles. The third-order valence-electron chi connectivity index (χ3n) is 16.0. The largest absolute Gasteiger partial charge is 0.0731 e. The van der Waals surface area contributed by atoms with E-state index in [1.165, 1.54) is 143 Å². The Morgan fingerprint density at radius 1 is 0.258 bits per heavy atom. The predicted molar refractivity (Wildman–Crippen MR) is 279 cm³/mol. The summed E-state index contributed by atoms with van der Waals surface area (Å²) in [5.74, 6) is 0. The Labute approximate surface area is 384 Å². The van der Waals surface area contributed by atoms with E-state index in [-0.39, 0.29) is 5.41 Å². The van der Waals surface area contributed by atoms with E-state index in [0.717, 1.165) is 0 Å². The molecule has 0 heterocycles. The Morgan fingerprint density at radius 3 is 1.27 bits per heavy atom. The van der Waals surface area contributed by atoms with Crippen molar-refractivity contribution >= 4 is 53.9 Å². The van der Waals surface area contributed by atoms with E-state index in [9.17, 15) is 0 Å². The Hall–Kier alpha value is -8.06. The average Bonchev–Trinajstić information content (AvgIpc) is 3.93. The standard InChI is InChI=1S/C66H42/c1-65(2)56-28-14-11-19-45(56)48-34-33-41(37-59(48)65)62-52-25-8-6-23-50(52)61(51-24-7-9-26-53(51)62)40-32-31-39-36-55-60(38-42(39)35-40)66(57-29-15-12-20-46(57)47-21-13-16-30-58(47)66)64-54-27-10-4-18-44(54)43-17-3-5-22-49(43)63(55)64/h3-38H,1-2H3. The van der Waals surface area contributed by atoms with Crippen molar-refractivity contribution in [2.24, 2.45) is 0 Å². The Kier molecular flexibility index (Phi) is 7.04. The summed E-state index contributed by atoms with van der Waals surface area (Å²) in [6.45, 7) is 4.76. The fourth-order valence-corrected chi connectivity index (χ4v) is 13.3. The van der Waals surface area contributed by atoms with Gasteiger partial charge in [0.15, 0.2) is 0 Å². The highest BCUT2D eigenvalue weighted by molar-refractivity contribution is 6.23. The van der Waals surface area contributed by atoms with Crippen LogP contribution in [0.25, 0.3) is 109 Å². The average molecular weight is 835 g/mol. The van der Waals surface area contributed by atoms with E-state index in [1.807, 2.05) is 0 Å². The van der Waals surface area contributed by atoms with Crippen LogP contribution in [0, 0.1) is 0 Å². The number of hydrogen-bond donors (Lipinski definition) is 0. The van der Waals surface area contributed by atoms with Crippen molar-refractivity contribution in [1.29, 1.82) is 0 Å². The first-order valence-electron chi connectivity index (χ1n) is 23.4. The predicted octanol–water partition coefficient (Wildman–Crippen LogP) is 17.4. The molecule has 0 fully saturated rings. The van der Waals surface area contributed by atoms with E-state index in [4.69, 9.17) is 0 Å². The molecule has 3 aliphatic carbocycles. The lowest BCUT2D eigenvalue weighted by atomic mass is 9.69. The minimum Gasteiger partial charge on any atom is -0.0619 e. The van der Waals surface area contributed by atoms with Gasteiger partial charge < -0.3 is 0 Å². The van der Waals surface area contributed by atoms with Gasteiger partial charge in [-0.2, -0.15) is 0 Å². The molecule has 0 nitrogen and oxygen atoms in total. The zero-order chi connectivity index (χ0) is 43.5. The van der Waals surface area contributed by atoms with Crippen LogP contribution < -0.4 is 0 Å². The van der Waals surface area contributed by atoms with Gasteiger partial charge in [-0.1, -0.05) is 208 Å². The van der Waals surface area contributed by atoms with Gasteiger partial charge in [0.05, 0.1) is 5.41 Å². The molecule has 0 amide bonds. The van der Waals surface area contributed by atoms with E-state index in [1.54, 1.807) is 0 Å². The van der Waals surface area contributed by atoms with Crippen molar-refractivity contribution in [2.45, 2.75) is 24.7 Å². The summed E-state index contributed by atoms with van der Waals surface area (Å²) in [4.78, 5) is 0. The van der Waals surface area contributed by atoms with Gasteiger partial charge in [-0.25, -0.2) is 0 Å². The summed E-state index contributed by atoms with van der Waals surface area (Å²) >= 11 is 0. The van der Waals surface area contributed by atoms with Gasteiger partial charge in [0.2, 0.25) is 0 Å². The Bertz CT molecular complexity index is 4040. The molecule has 0 N–H and O–H groups in total. The number of benzene rings is 12. The molecule has 306 valence electrons. The van der Waals surface area contributed by atoms with Gasteiger partial charge in [0.1, 0.15) is 0 Å². The second-order valence-electron chi connectivity index (χ2n) is 19.4. The molecule has 0 radical (unpaired) electrons. The van der Waals surface area contributed by atoms with Gasteiger partial charge >= 0.3 is 0 Å². The summed E-state index contributed by atoms with van der Waals surface area (Å²) in [7, 11) is 0. The van der Waals surface area contributed by atoms with Crippen LogP contribution in [0.15, 0.2) is 218 Å². The lowest BCUT2D eigenvalue weighted by Gasteiger charge is -2.32. The van der Waals surface area contributed by atoms with Crippen LogP contribution in [-0.2, 0) is 10.8 Å². The van der Waals surface area contributed by atoms with E-state index >= 15 is 0 Å². The lowest BCUT2D eigenvalue weighted by Crippen LogP contribution is -2.26. The van der Waals surface area contributed by atoms with Crippen molar-refractivity contribution in [3.8, 4) is 55.6 Å². The van der Waals surface area contributed by atoms with Crippen LogP contribution in [0.2, 0.25) is 0 Å². The molecule has 66 heavy (non-hydrogen) atoms. The summed E-state index contributed by atoms with van der Waals surface area (Å²) in [5, 5.41) is 12.9.